The van der Waals surface area contributed by atoms with Crippen molar-refractivity contribution < 1.29 is 24.6 Å². The highest BCUT2D eigenvalue weighted by molar-refractivity contribution is 5.64. The first kappa shape index (κ1) is 14.3. The van der Waals surface area contributed by atoms with E-state index >= 15 is 0 Å². The fraction of sp³-hybridized carbons (Fsp3) is 0.400. The molecule has 0 heterocycles. The van der Waals surface area contributed by atoms with Gasteiger partial charge >= 0.3 is 0 Å². The molecule has 2 atom stereocenters. The Morgan fingerprint density at radius 3 is 2.56 bits per heavy atom. The molecule has 0 fully saturated rings. The molecule has 0 saturated carbocycles. The topological polar surface area (TPSA) is 130 Å². The van der Waals surface area contributed by atoms with E-state index in [9.17, 15) is 24.7 Å². The number of nitrogens with two attached hydrogens (primary N) is 1. The number of nitro groups is 1. The first-order valence-electron chi connectivity index (χ1n) is 5.08. The molecular weight excluding hydrogens is 247 g/mol. The van der Waals surface area contributed by atoms with Crippen molar-refractivity contribution in [3.63, 3.8) is 0 Å². The van der Waals surface area contributed by atoms with Gasteiger partial charge in [0.25, 0.3) is 5.69 Å². The number of rotatable bonds is 5. The minimum absolute atomic E-state index is 0.162. The van der Waals surface area contributed by atoms with Crippen molar-refractivity contribution in [1.82, 2.24) is 0 Å². The van der Waals surface area contributed by atoms with Gasteiger partial charge in [0.05, 0.1) is 17.1 Å². The van der Waals surface area contributed by atoms with Crippen LogP contribution in [0.25, 0.3) is 0 Å². The van der Waals surface area contributed by atoms with Gasteiger partial charge in [-0.3, -0.25) is 10.1 Å². The summed E-state index contributed by atoms with van der Waals surface area (Å²) < 4.78 is 13.2. The standard InChI is InChI=1S/C10H13FN2O5/c11-5-3-6(10(16)8(15)1-2-14)9(12)7(4-5)13(17)18/h3-4,8,10,14-16H,1-2,12H2. The van der Waals surface area contributed by atoms with E-state index in [1.165, 1.54) is 0 Å². The molecule has 1 aromatic carbocycles. The van der Waals surface area contributed by atoms with Crippen LogP contribution in [0.15, 0.2) is 12.1 Å². The van der Waals surface area contributed by atoms with E-state index in [1.807, 2.05) is 0 Å². The second kappa shape index (κ2) is 5.71. The Labute approximate surface area is 101 Å². The third kappa shape index (κ3) is 2.92. The van der Waals surface area contributed by atoms with Gasteiger partial charge in [-0.25, -0.2) is 4.39 Å². The molecule has 7 nitrogen and oxygen atoms in total. The van der Waals surface area contributed by atoms with E-state index in [0.29, 0.717) is 6.07 Å². The highest BCUT2D eigenvalue weighted by Gasteiger charge is 2.26. The molecule has 0 saturated heterocycles. The van der Waals surface area contributed by atoms with Gasteiger partial charge < -0.3 is 21.1 Å². The number of nitrogen functional groups attached to an aromatic ring is 1. The summed E-state index contributed by atoms with van der Waals surface area (Å²) in [5, 5.41) is 38.4. The number of nitrogens with zero attached hydrogens (tertiary/aromatic N) is 1. The first-order chi connectivity index (χ1) is 8.38. The lowest BCUT2D eigenvalue weighted by Gasteiger charge is -2.18. The van der Waals surface area contributed by atoms with Gasteiger partial charge in [0.15, 0.2) is 0 Å². The zero-order chi connectivity index (χ0) is 13.9. The van der Waals surface area contributed by atoms with Gasteiger partial charge in [0.2, 0.25) is 0 Å². The van der Waals surface area contributed by atoms with Crippen LogP contribution in [-0.4, -0.2) is 33.0 Å². The van der Waals surface area contributed by atoms with Crippen molar-refractivity contribution in [2.24, 2.45) is 0 Å². The van der Waals surface area contributed by atoms with Gasteiger partial charge in [0.1, 0.15) is 17.6 Å². The SMILES string of the molecule is Nc1c(C(O)C(O)CCO)cc(F)cc1[N+](=O)[O-]. The quantitative estimate of drug-likeness (QED) is 0.337. The van der Waals surface area contributed by atoms with Crippen molar-refractivity contribution in [3.05, 3.63) is 33.6 Å². The molecule has 0 aliphatic rings. The Morgan fingerprint density at radius 2 is 2.06 bits per heavy atom. The zero-order valence-electron chi connectivity index (χ0n) is 9.28. The second-order valence-electron chi connectivity index (χ2n) is 3.71. The lowest BCUT2D eigenvalue weighted by atomic mass is 9.99. The number of hydrogen-bond acceptors (Lipinski definition) is 6. The molecule has 0 aliphatic heterocycles. The van der Waals surface area contributed by atoms with Crippen LogP contribution >= 0.6 is 0 Å². The molecule has 0 bridgehead atoms. The third-order valence-corrected chi connectivity index (χ3v) is 2.46. The molecule has 0 aromatic heterocycles. The highest BCUT2D eigenvalue weighted by Crippen LogP contribution is 2.32. The minimum Gasteiger partial charge on any atom is -0.396 e. The van der Waals surface area contributed by atoms with Crippen LogP contribution in [0.2, 0.25) is 0 Å². The van der Waals surface area contributed by atoms with Gasteiger partial charge in [-0.05, 0) is 12.5 Å². The first-order valence-corrected chi connectivity index (χ1v) is 5.08. The molecule has 2 unspecified atom stereocenters. The summed E-state index contributed by atoms with van der Waals surface area (Å²) in [7, 11) is 0. The number of aliphatic hydroxyl groups is 3. The number of aliphatic hydroxyl groups excluding tert-OH is 3. The molecule has 1 rings (SSSR count). The molecule has 100 valence electrons. The Balaban J connectivity index is 3.19. The maximum Gasteiger partial charge on any atom is 0.295 e. The summed E-state index contributed by atoms with van der Waals surface area (Å²) in [6.07, 6.45) is -3.16. The summed E-state index contributed by atoms with van der Waals surface area (Å²) in [6, 6.07) is 1.44. The van der Waals surface area contributed by atoms with Gasteiger partial charge in [-0.15, -0.1) is 0 Å². The predicted molar refractivity (Wildman–Crippen MR) is 60.1 cm³/mol. The normalized spacial score (nSPS) is 14.2. The van der Waals surface area contributed by atoms with Crippen LogP contribution in [0.3, 0.4) is 0 Å². The largest absolute Gasteiger partial charge is 0.396 e. The maximum absolute atomic E-state index is 13.2. The van der Waals surface area contributed by atoms with Gasteiger partial charge in [-0.2, -0.15) is 0 Å². The molecule has 1 aromatic rings. The monoisotopic (exact) mass is 260 g/mol. The van der Waals surface area contributed by atoms with Crippen molar-refractivity contribution in [1.29, 1.82) is 0 Å². The van der Waals surface area contributed by atoms with Crippen molar-refractivity contribution in [2.45, 2.75) is 18.6 Å². The smallest absolute Gasteiger partial charge is 0.295 e. The summed E-state index contributed by atoms with van der Waals surface area (Å²) in [5.74, 6) is -0.943. The van der Waals surface area contributed by atoms with Crippen LogP contribution < -0.4 is 5.73 Å². The minimum atomic E-state index is -1.61. The lowest BCUT2D eigenvalue weighted by molar-refractivity contribution is -0.384. The fourth-order valence-corrected chi connectivity index (χ4v) is 1.52. The Hall–Kier alpha value is -1.77. The summed E-state index contributed by atoms with van der Waals surface area (Å²) in [5.41, 5.74) is 4.08. The summed E-state index contributed by atoms with van der Waals surface area (Å²) in [4.78, 5) is 9.74. The summed E-state index contributed by atoms with van der Waals surface area (Å²) in [6.45, 7) is -0.393. The van der Waals surface area contributed by atoms with E-state index in [-0.39, 0.29) is 12.0 Å². The average Bonchev–Trinajstić information content (AvgIpc) is 2.30. The Bertz CT molecular complexity index is 454. The van der Waals surface area contributed by atoms with Crippen molar-refractivity contribution >= 4 is 11.4 Å². The van der Waals surface area contributed by atoms with Gasteiger partial charge in [-0.1, -0.05) is 0 Å². The molecular formula is C10H13FN2O5. The predicted octanol–water partition coefficient (Wildman–Crippen LogP) is 0.0928. The van der Waals surface area contributed by atoms with Gasteiger partial charge in [0, 0.05) is 12.2 Å². The van der Waals surface area contributed by atoms with E-state index in [0.717, 1.165) is 6.07 Å². The van der Waals surface area contributed by atoms with E-state index in [4.69, 9.17) is 10.8 Å². The molecule has 0 spiro atoms. The fourth-order valence-electron chi connectivity index (χ4n) is 1.52. The zero-order valence-corrected chi connectivity index (χ0v) is 9.28. The van der Waals surface area contributed by atoms with E-state index < -0.39 is 40.9 Å². The number of hydrogen-bond donors (Lipinski definition) is 4. The van der Waals surface area contributed by atoms with Crippen molar-refractivity contribution in [3.8, 4) is 0 Å². The molecule has 18 heavy (non-hydrogen) atoms. The van der Waals surface area contributed by atoms with Crippen LogP contribution in [0.5, 0.6) is 0 Å². The molecule has 5 N–H and O–H groups in total. The van der Waals surface area contributed by atoms with Crippen LogP contribution in [0, 0.1) is 15.9 Å². The number of nitro benzene ring substituents is 1. The second-order valence-corrected chi connectivity index (χ2v) is 3.71. The Morgan fingerprint density at radius 1 is 1.44 bits per heavy atom. The number of anilines is 1. The van der Waals surface area contributed by atoms with Crippen LogP contribution in [0.4, 0.5) is 15.8 Å². The van der Waals surface area contributed by atoms with E-state index in [2.05, 4.69) is 0 Å². The van der Waals surface area contributed by atoms with Crippen molar-refractivity contribution in [2.75, 3.05) is 12.3 Å². The third-order valence-electron chi connectivity index (χ3n) is 2.46. The molecule has 0 amide bonds. The Kier molecular flexibility index (Phi) is 4.54. The maximum atomic E-state index is 13.2. The molecule has 8 heteroatoms. The number of benzene rings is 1. The van der Waals surface area contributed by atoms with Crippen LogP contribution in [0.1, 0.15) is 18.1 Å². The number of halogens is 1. The average molecular weight is 260 g/mol. The molecule has 0 radical (unpaired) electrons. The van der Waals surface area contributed by atoms with Crippen LogP contribution in [-0.2, 0) is 0 Å². The highest BCUT2D eigenvalue weighted by atomic mass is 19.1. The molecule has 0 aliphatic carbocycles. The summed E-state index contributed by atoms with van der Waals surface area (Å²) >= 11 is 0. The lowest BCUT2D eigenvalue weighted by Crippen LogP contribution is -2.21. The van der Waals surface area contributed by atoms with E-state index in [1.54, 1.807) is 0 Å².